The molecule has 0 aliphatic heterocycles. The summed E-state index contributed by atoms with van der Waals surface area (Å²) in [4.78, 5) is 2.44. The van der Waals surface area contributed by atoms with E-state index in [-0.39, 0.29) is 6.54 Å². The van der Waals surface area contributed by atoms with E-state index in [0.29, 0.717) is 22.2 Å². The normalized spacial score (nSPS) is 12.5. The van der Waals surface area contributed by atoms with Crippen molar-refractivity contribution < 1.29 is 8.95 Å². The molecule has 1 N–H and O–H groups in total. The van der Waals surface area contributed by atoms with Gasteiger partial charge in [-0.3, -0.25) is 5.41 Å². The Bertz CT molecular complexity index is 1020. The molecule has 28 heavy (non-hydrogen) atoms. The highest BCUT2D eigenvalue weighted by Crippen LogP contribution is 2.28. The highest BCUT2D eigenvalue weighted by molar-refractivity contribution is 7.93. The molecule has 0 fully saturated rings. The van der Waals surface area contributed by atoms with Gasteiger partial charge in [0.15, 0.2) is 0 Å². The minimum absolute atomic E-state index is 0.112. The molecule has 2 rings (SSSR count). The summed E-state index contributed by atoms with van der Waals surface area (Å²) in [7, 11) is -0.728. The van der Waals surface area contributed by atoms with Crippen LogP contribution >= 0.6 is 0 Å². The lowest BCUT2D eigenvalue weighted by Crippen LogP contribution is -2.27. The van der Waals surface area contributed by atoms with Crippen molar-refractivity contribution >= 4 is 15.6 Å². The summed E-state index contributed by atoms with van der Waals surface area (Å²) < 4.78 is 22.6. The van der Waals surface area contributed by atoms with Gasteiger partial charge in [0, 0.05) is 25.4 Å². The van der Waals surface area contributed by atoms with Crippen LogP contribution in [0.15, 0.2) is 51.7 Å². The van der Waals surface area contributed by atoms with E-state index in [2.05, 4.69) is 11.3 Å². The van der Waals surface area contributed by atoms with Crippen molar-refractivity contribution in [2.24, 2.45) is 4.36 Å². The van der Waals surface area contributed by atoms with Crippen LogP contribution in [-0.2, 0) is 9.73 Å². The first-order valence-electron chi connectivity index (χ1n) is 9.02. The predicted molar refractivity (Wildman–Crippen MR) is 113 cm³/mol. The number of nitrogens with one attached hydrogen (secondary N) is 1. The predicted octanol–water partition coefficient (Wildman–Crippen LogP) is 4.43. The summed E-state index contributed by atoms with van der Waals surface area (Å²) in [6, 6.07) is 14.5. The lowest BCUT2D eigenvalue weighted by molar-refractivity contribution is 0.477. The lowest BCUT2D eigenvalue weighted by atomic mass is 10.1. The van der Waals surface area contributed by atoms with Gasteiger partial charge in [0.25, 0.3) is 0 Å². The van der Waals surface area contributed by atoms with Crippen molar-refractivity contribution in [1.29, 1.82) is 10.7 Å². The molecule has 0 aliphatic carbocycles. The third-order valence-corrected chi connectivity index (χ3v) is 5.99. The Hall–Kier alpha value is -2.85. The molecule has 1 unspecified atom stereocenters. The molecular weight excluding hydrogens is 372 g/mol. The third kappa shape index (κ3) is 5.33. The van der Waals surface area contributed by atoms with E-state index < -0.39 is 9.73 Å². The highest BCUT2D eigenvalue weighted by atomic mass is 32.2. The SMILES string of the molecule is CCCN(C)C(=N)c1ccc(Oc2cccc(S(C)(=O)=NCC#N)c2)c(C)c1. The molecule has 0 aliphatic rings. The van der Waals surface area contributed by atoms with E-state index in [1.54, 1.807) is 24.3 Å². The fourth-order valence-electron chi connectivity index (χ4n) is 2.71. The molecule has 0 radical (unpaired) electrons. The van der Waals surface area contributed by atoms with Crippen molar-refractivity contribution in [2.75, 3.05) is 26.4 Å². The van der Waals surface area contributed by atoms with Gasteiger partial charge in [-0.25, -0.2) is 8.57 Å². The summed E-state index contributed by atoms with van der Waals surface area (Å²) in [6.45, 7) is 4.73. The van der Waals surface area contributed by atoms with Gasteiger partial charge < -0.3 is 9.64 Å². The molecule has 0 amide bonds. The quantitative estimate of drug-likeness (QED) is 0.424. The van der Waals surface area contributed by atoms with Crippen LogP contribution in [0.3, 0.4) is 0 Å². The first kappa shape index (κ1) is 21.5. The maximum atomic E-state index is 12.7. The van der Waals surface area contributed by atoms with Crippen molar-refractivity contribution in [3.05, 3.63) is 53.6 Å². The van der Waals surface area contributed by atoms with E-state index in [0.717, 1.165) is 24.1 Å². The maximum absolute atomic E-state index is 12.7. The van der Waals surface area contributed by atoms with Crippen molar-refractivity contribution in [3.8, 4) is 17.6 Å². The highest BCUT2D eigenvalue weighted by Gasteiger charge is 2.11. The molecule has 7 heteroatoms. The number of benzene rings is 2. The number of amidine groups is 1. The second-order valence-electron chi connectivity index (χ2n) is 6.58. The van der Waals surface area contributed by atoms with Crippen LogP contribution in [0.5, 0.6) is 11.5 Å². The molecule has 0 saturated heterocycles. The summed E-state index contributed by atoms with van der Waals surface area (Å²) in [5.41, 5.74) is 1.74. The Morgan fingerprint density at radius 1 is 1.32 bits per heavy atom. The largest absolute Gasteiger partial charge is 0.457 e. The number of rotatable bonds is 7. The standard InChI is InChI=1S/C21H26N4O2S/c1-5-13-25(3)21(23)17-9-10-20(16(2)14-17)27-18-7-6-8-19(15-18)28(4,26)24-12-11-22/h6-10,14-15,23H,5,12-13H2,1-4H3. The number of nitriles is 1. The molecule has 2 aromatic carbocycles. The van der Waals surface area contributed by atoms with Crippen LogP contribution in [0.4, 0.5) is 0 Å². The number of hydrogen-bond acceptors (Lipinski definition) is 5. The zero-order chi connectivity index (χ0) is 20.7. The molecular formula is C21H26N4O2S. The third-order valence-electron chi connectivity index (χ3n) is 4.24. The molecule has 0 spiro atoms. The van der Waals surface area contributed by atoms with Crippen molar-refractivity contribution in [2.45, 2.75) is 25.2 Å². The van der Waals surface area contributed by atoms with Gasteiger partial charge >= 0.3 is 0 Å². The van der Waals surface area contributed by atoms with Gasteiger partial charge in [-0.05, 0) is 55.3 Å². The summed E-state index contributed by atoms with van der Waals surface area (Å²) >= 11 is 0. The summed E-state index contributed by atoms with van der Waals surface area (Å²) in [5, 5.41) is 17.0. The van der Waals surface area contributed by atoms with Gasteiger partial charge in [-0.15, -0.1) is 0 Å². The second kappa shape index (κ2) is 9.38. The van der Waals surface area contributed by atoms with Gasteiger partial charge in [-0.2, -0.15) is 5.26 Å². The smallest absolute Gasteiger partial charge is 0.135 e. The van der Waals surface area contributed by atoms with Crippen LogP contribution in [0.25, 0.3) is 0 Å². The number of hydrogen-bond donors (Lipinski definition) is 1. The van der Waals surface area contributed by atoms with Gasteiger partial charge in [0.1, 0.15) is 23.9 Å². The Kier molecular flexibility index (Phi) is 7.18. The van der Waals surface area contributed by atoms with Crippen LogP contribution < -0.4 is 4.74 Å². The van der Waals surface area contributed by atoms with E-state index in [1.807, 2.05) is 43.1 Å². The zero-order valence-electron chi connectivity index (χ0n) is 16.7. The zero-order valence-corrected chi connectivity index (χ0v) is 17.5. The minimum Gasteiger partial charge on any atom is -0.457 e. The van der Waals surface area contributed by atoms with Gasteiger partial charge in [0.2, 0.25) is 0 Å². The topological polar surface area (TPSA) is 89.5 Å². The van der Waals surface area contributed by atoms with Crippen molar-refractivity contribution in [1.82, 2.24) is 4.90 Å². The van der Waals surface area contributed by atoms with Crippen LogP contribution in [0.1, 0.15) is 24.5 Å². The van der Waals surface area contributed by atoms with E-state index in [1.165, 1.54) is 6.26 Å². The summed E-state index contributed by atoms with van der Waals surface area (Å²) in [5.74, 6) is 1.69. The van der Waals surface area contributed by atoms with E-state index in [4.69, 9.17) is 15.4 Å². The average Bonchev–Trinajstić information content (AvgIpc) is 2.68. The maximum Gasteiger partial charge on any atom is 0.135 e. The molecule has 0 bridgehead atoms. The Morgan fingerprint density at radius 2 is 2.07 bits per heavy atom. The fraction of sp³-hybridized carbons (Fsp3) is 0.333. The number of aryl methyl sites for hydroxylation is 1. The molecule has 6 nitrogen and oxygen atoms in total. The Morgan fingerprint density at radius 3 is 2.71 bits per heavy atom. The Labute approximate surface area is 167 Å². The fourth-order valence-corrected chi connectivity index (χ4v) is 3.82. The Balaban J connectivity index is 2.25. The average molecular weight is 399 g/mol. The minimum atomic E-state index is -2.64. The monoisotopic (exact) mass is 398 g/mol. The molecule has 1 atom stereocenters. The summed E-state index contributed by atoms with van der Waals surface area (Å²) in [6.07, 6.45) is 2.50. The number of nitrogens with zero attached hydrogens (tertiary/aromatic N) is 3. The van der Waals surface area contributed by atoms with Gasteiger partial charge in [0.05, 0.1) is 20.7 Å². The van der Waals surface area contributed by atoms with Crippen molar-refractivity contribution in [3.63, 3.8) is 0 Å². The lowest BCUT2D eigenvalue weighted by Gasteiger charge is -2.20. The van der Waals surface area contributed by atoms with Crippen LogP contribution in [0.2, 0.25) is 0 Å². The van der Waals surface area contributed by atoms with Gasteiger partial charge in [-0.1, -0.05) is 13.0 Å². The molecule has 0 saturated carbocycles. The molecule has 2 aromatic rings. The second-order valence-corrected chi connectivity index (χ2v) is 8.91. The number of ether oxygens (including phenoxy) is 1. The first-order valence-corrected chi connectivity index (χ1v) is 10.9. The van der Waals surface area contributed by atoms with Crippen LogP contribution in [-0.4, -0.2) is 41.3 Å². The van der Waals surface area contributed by atoms with E-state index in [9.17, 15) is 4.21 Å². The molecule has 0 aromatic heterocycles. The molecule has 148 valence electrons. The molecule has 0 heterocycles. The first-order chi connectivity index (χ1) is 13.3. The van der Waals surface area contributed by atoms with Crippen LogP contribution in [0, 0.1) is 23.7 Å². The van der Waals surface area contributed by atoms with E-state index >= 15 is 0 Å².